The van der Waals surface area contributed by atoms with Gasteiger partial charge in [0.15, 0.2) is 0 Å². The number of hydrogen-bond acceptors (Lipinski definition) is 4. The lowest BCUT2D eigenvalue weighted by atomic mass is 10.0. The van der Waals surface area contributed by atoms with Crippen molar-refractivity contribution in [1.29, 1.82) is 0 Å². The highest BCUT2D eigenvalue weighted by atomic mass is 16.4. The Bertz CT molecular complexity index is 1130. The van der Waals surface area contributed by atoms with Gasteiger partial charge in [-0.05, 0) is 34.9 Å². The molecule has 0 aliphatic heterocycles. The molecule has 3 aromatic rings. The molecule has 0 bridgehead atoms. The van der Waals surface area contributed by atoms with E-state index in [-0.39, 0.29) is 18.6 Å². The summed E-state index contributed by atoms with van der Waals surface area (Å²) >= 11 is 0. The van der Waals surface area contributed by atoms with Crippen molar-refractivity contribution in [1.82, 2.24) is 10.6 Å². The van der Waals surface area contributed by atoms with E-state index in [2.05, 4.69) is 10.6 Å². The summed E-state index contributed by atoms with van der Waals surface area (Å²) in [4.78, 5) is 37.4. The van der Waals surface area contributed by atoms with E-state index in [1.807, 2.05) is 36.4 Å². The Labute approximate surface area is 197 Å². The van der Waals surface area contributed by atoms with Gasteiger partial charge in [-0.25, -0.2) is 4.79 Å². The zero-order valence-corrected chi connectivity index (χ0v) is 18.4. The van der Waals surface area contributed by atoms with Crippen LogP contribution < -0.4 is 10.6 Å². The van der Waals surface area contributed by atoms with E-state index in [9.17, 15) is 24.6 Å². The Morgan fingerprint density at radius 3 is 1.79 bits per heavy atom. The predicted octanol–water partition coefficient (Wildman–Crippen LogP) is 2.95. The molecule has 3 aromatic carbocycles. The number of carbonyl (C=O) groups excluding carboxylic acids is 2. The normalized spacial score (nSPS) is 12.6. The van der Waals surface area contributed by atoms with Crippen molar-refractivity contribution in [2.75, 3.05) is 0 Å². The summed E-state index contributed by atoms with van der Waals surface area (Å²) in [5.41, 5.74) is 2.29. The molecule has 0 unspecified atom stereocenters. The molecule has 0 aliphatic carbocycles. The van der Waals surface area contributed by atoms with Gasteiger partial charge in [0.05, 0.1) is 0 Å². The van der Waals surface area contributed by atoms with Gasteiger partial charge in [-0.3, -0.25) is 9.59 Å². The second-order valence-electron chi connectivity index (χ2n) is 7.76. The first kappa shape index (κ1) is 24.3. The molecule has 2 amide bonds. The molecule has 0 radical (unpaired) electrons. The number of nitrogens with one attached hydrogen (secondary N) is 2. The van der Waals surface area contributed by atoms with Gasteiger partial charge in [-0.1, -0.05) is 72.8 Å². The van der Waals surface area contributed by atoms with Crippen LogP contribution >= 0.6 is 0 Å². The first-order valence-electron chi connectivity index (χ1n) is 10.8. The number of hydrogen-bond donors (Lipinski definition) is 4. The number of benzene rings is 3. The number of aromatic hydroxyl groups is 1. The maximum absolute atomic E-state index is 13.1. The number of aliphatic carboxylic acids is 1. The molecule has 0 aromatic heterocycles. The third-order valence-electron chi connectivity index (χ3n) is 5.13. The molecule has 4 N–H and O–H groups in total. The fraction of sp³-hybridized carbons (Fsp3) is 0.148. The standard InChI is InChI=1S/C27H26N2O5/c30-22-14-11-19(12-15-22)13-16-25(31)28-23(17-20-7-3-1-4-8-20)26(32)29-24(27(33)34)18-21-9-5-2-6-10-21/h1-16,23-24,30H,17-18H2,(H,28,31)(H,29,32)(H,33,34)/b16-13+/t23-,24-/m0/s1. The molecule has 3 rings (SSSR count). The molecule has 0 spiro atoms. The molecule has 7 nitrogen and oxygen atoms in total. The Balaban J connectivity index is 1.72. The highest BCUT2D eigenvalue weighted by Crippen LogP contribution is 2.11. The third kappa shape index (κ3) is 7.63. The van der Waals surface area contributed by atoms with E-state index in [1.165, 1.54) is 18.2 Å². The van der Waals surface area contributed by atoms with E-state index >= 15 is 0 Å². The lowest BCUT2D eigenvalue weighted by Gasteiger charge is -2.21. The Kier molecular flexibility index (Phi) is 8.57. The highest BCUT2D eigenvalue weighted by molar-refractivity contribution is 5.96. The summed E-state index contributed by atoms with van der Waals surface area (Å²) in [7, 11) is 0. The molecule has 2 atom stereocenters. The molecule has 34 heavy (non-hydrogen) atoms. The zero-order valence-electron chi connectivity index (χ0n) is 18.4. The van der Waals surface area contributed by atoms with Gasteiger partial charge >= 0.3 is 5.97 Å². The number of amides is 2. The largest absolute Gasteiger partial charge is 0.508 e. The van der Waals surface area contributed by atoms with Crippen molar-refractivity contribution in [2.24, 2.45) is 0 Å². The average molecular weight is 459 g/mol. The summed E-state index contributed by atoms with van der Waals surface area (Å²) in [6.07, 6.45) is 3.16. The smallest absolute Gasteiger partial charge is 0.326 e. The van der Waals surface area contributed by atoms with Crippen molar-refractivity contribution in [3.8, 4) is 5.75 Å². The Morgan fingerprint density at radius 1 is 0.735 bits per heavy atom. The van der Waals surface area contributed by atoms with E-state index in [0.29, 0.717) is 5.56 Å². The Hall–Kier alpha value is -4.39. The monoisotopic (exact) mass is 458 g/mol. The van der Waals surface area contributed by atoms with Crippen LogP contribution in [0.15, 0.2) is 91.0 Å². The van der Waals surface area contributed by atoms with Gasteiger partial charge in [0.25, 0.3) is 0 Å². The summed E-state index contributed by atoms with van der Waals surface area (Å²) in [5, 5.41) is 24.2. The molecule has 0 saturated carbocycles. The van der Waals surface area contributed by atoms with E-state index in [0.717, 1.165) is 11.1 Å². The van der Waals surface area contributed by atoms with E-state index in [4.69, 9.17) is 0 Å². The lowest BCUT2D eigenvalue weighted by molar-refractivity contribution is -0.142. The van der Waals surface area contributed by atoms with Crippen molar-refractivity contribution < 1.29 is 24.6 Å². The Morgan fingerprint density at radius 2 is 1.26 bits per heavy atom. The number of rotatable bonds is 10. The van der Waals surface area contributed by atoms with Crippen LogP contribution in [0, 0.1) is 0 Å². The molecule has 174 valence electrons. The van der Waals surface area contributed by atoms with Crippen LogP contribution in [-0.2, 0) is 27.2 Å². The highest BCUT2D eigenvalue weighted by Gasteiger charge is 2.26. The molecular formula is C27H26N2O5. The number of carbonyl (C=O) groups is 3. The van der Waals surface area contributed by atoms with Crippen LogP contribution in [0.1, 0.15) is 16.7 Å². The SMILES string of the molecule is O=C(/C=C/c1ccc(O)cc1)N[C@@H](Cc1ccccc1)C(=O)N[C@@H](Cc1ccccc1)C(=O)O. The van der Waals surface area contributed by atoms with Crippen molar-refractivity contribution >= 4 is 23.9 Å². The fourth-order valence-electron chi connectivity index (χ4n) is 3.36. The molecule has 0 fully saturated rings. The minimum atomic E-state index is -1.16. The number of carboxylic acid groups (broad SMARTS) is 1. The second-order valence-corrected chi connectivity index (χ2v) is 7.76. The second kappa shape index (κ2) is 12.0. The first-order chi connectivity index (χ1) is 16.4. The van der Waals surface area contributed by atoms with Crippen LogP contribution in [-0.4, -0.2) is 40.1 Å². The third-order valence-corrected chi connectivity index (χ3v) is 5.13. The summed E-state index contributed by atoms with van der Waals surface area (Å²) in [5.74, 6) is -2.13. The van der Waals surface area contributed by atoms with Gasteiger partial charge in [-0.15, -0.1) is 0 Å². The molecule has 0 saturated heterocycles. The van der Waals surface area contributed by atoms with Crippen molar-refractivity contribution in [2.45, 2.75) is 24.9 Å². The number of carboxylic acids is 1. The van der Waals surface area contributed by atoms with Gasteiger partial charge in [0, 0.05) is 18.9 Å². The molecule has 7 heteroatoms. The van der Waals surface area contributed by atoms with Gasteiger partial charge in [0.1, 0.15) is 17.8 Å². The van der Waals surface area contributed by atoms with Gasteiger partial charge in [-0.2, -0.15) is 0 Å². The maximum atomic E-state index is 13.1. The molecule has 0 heterocycles. The van der Waals surface area contributed by atoms with Crippen LogP contribution in [0.2, 0.25) is 0 Å². The van der Waals surface area contributed by atoms with Crippen LogP contribution in [0.5, 0.6) is 5.75 Å². The molecule has 0 aliphatic rings. The van der Waals surface area contributed by atoms with Gasteiger partial charge in [0.2, 0.25) is 11.8 Å². The quantitative estimate of drug-likeness (QED) is 0.349. The first-order valence-corrected chi connectivity index (χ1v) is 10.8. The van der Waals surface area contributed by atoms with Crippen molar-refractivity contribution in [3.05, 3.63) is 108 Å². The van der Waals surface area contributed by atoms with E-state index < -0.39 is 29.9 Å². The minimum Gasteiger partial charge on any atom is -0.508 e. The van der Waals surface area contributed by atoms with Crippen LogP contribution in [0.25, 0.3) is 6.08 Å². The summed E-state index contributed by atoms with van der Waals surface area (Å²) < 4.78 is 0. The van der Waals surface area contributed by atoms with Crippen LogP contribution in [0.3, 0.4) is 0 Å². The van der Waals surface area contributed by atoms with Gasteiger partial charge < -0.3 is 20.8 Å². The zero-order chi connectivity index (χ0) is 24.3. The average Bonchev–Trinajstić information content (AvgIpc) is 2.84. The topological polar surface area (TPSA) is 116 Å². The summed E-state index contributed by atoms with van der Waals surface area (Å²) in [6, 6.07) is 22.4. The van der Waals surface area contributed by atoms with E-state index in [1.54, 1.807) is 42.5 Å². The lowest BCUT2D eigenvalue weighted by Crippen LogP contribution is -2.52. The maximum Gasteiger partial charge on any atom is 0.326 e. The predicted molar refractivity (Wildman–Crippen MR) is 129 cm³/mol. The summed E-state index contributed by atoms with van der Waals surface area (Å²) in [6.45, 7) is 0. The fourth-order valence-corrected chi connectivity index (χ4v) is 3.36. The number of phenols is 1. The molecular weight excluding hydrogens is 432 g/mol. The van der Waals surface area contributed by atoms with Crippen molar-refractivity contribution in [3.63, 3.8) is 0 Å². The number of phenolic OH excluding ortho intramolecular Hbond substituents is 1. The minimum absolute atomic E-state index is 0.115. The van der Waals surface area contributed by atoms with Crippen LogP contribution in [0.4, 0.5) is 0 Å².